The highest BCUT2D eigenvalue weighted by atomic mass is 16.5. The van der Waals surface area contributed by atoms with Crippen molar-refractivity contribution in [1.82, 2.24) is 4.90 Å². The van der Waals surface area contributed by atoms with Crippen molar-refractivity contribution in [2.45, 2.75) is 31.8 Å². The molecule has 0 N–H and O–H groups in total. The summed E-state index contributed by atoms with van der Waals surface area (Å²) >= 11 is 0. The quantitative estimate of drug-likeness (QED) is 0.501. The summed E-state index contributed by atoms with van der Waals surface area (Å²) in [5, 5.41) is 0. The molecular weight excluding hydrogens is 448 g/mol. The first-order valence-electron chi connectivity index (χ1n) is 12.7. The smallest absolute Gasteiger partial charge is 0.228 e. The second kappa shape index (κ2) is 8.98. The molecule has 3 aliphatic rings. The van der Waals surface area contributed by atoms with Crippen molar-refractivity contribution in [2.24, 2.45) is 5.92 Å². The maximum atomic E-state index is 13.3. The summed E-state index contributed by atoms with van der Waals surface area (Å²) in [5.41, 5.74) is 5.09. The number of carbonyl (C=O) groups excluding carboxylic acids is 2. The van der Waals surface area contributed by atoms with Crippen molar-refractivity contribution in [3.8, 4) is 16.9 Å². The molecule has 3 heterocycles. The summed E-state index contributed by atoms with van der Waals surface area (Å²) in [6.07, 6.45) is 6.11. The number of likely N-dealkylation sites (tertiary alicyclic amines) is 1. The molecule has 3 aromatic carbocycles. The maximum absolute atomic E-state index is 13.3. The van der Waals surface area contributed by atoms with Gasteiger partial charge in [-0.2, -0.15) is 0 Å². The number of hydrogen-bond acceptors (Lipinski definition) is 3. The van der Waals surface area contributed by atoms with Gasteiger partial charge < -0.3 is 14.5 Å². The number of fused-ring (bicyclic) bond motifs is 1. The molecule has 2 amide bonds. The zero-order chi connectivity index (χ0) is 24.7. The number of benzene rings is 3. The lowest BCUT2D eigenvalue weighted by molar-refractivity contribution is -0.138. The lowest BCUT2D eigenvalue weighted by Crippen LogP contribution is -2.50. The molecule has 6 rings (SSSR count). The molecule has 1 atom stereocenters. The number of ether oxygens (including phenoxy) is 1. The molecule has 0 saturated carbocycles. The Balaban J connectivity index is 1.10. The summed E-state index contributed by atoms with van der Waals surface area (Å²) in [6.45, 7) is 3.75. The Labute approximate surface area is 212 Å². The molecule has 182 valence electrons. The first kappa shape index (κ1) is 22.6. The van der Waals surface area contributed by atoms with Crippen LogP contribution < -0.4 is 9.64 Å². The van der Waals surface area contributed by atoms with Gasteiger partial charge >= 0.3 is 0 Å². The minimum absolute atomic E-state index is 0.0238. The van der Waals surface area contributed by atoms with Gasteiger partial charge in [-0.1, -0.05) is 60.2 Å². The Morgan fingerprint density at radius 1 is 0.944 bits per heavy atom. The van der Waals surface area contributed by atoms with Gasteiger partial charge in [-0.25, -0.2) is 0 Å². The fraction of sp³-hybridized carbons (Fsp3) is 0.290. The lowest BCUT2D eigenvalue weighted by Gasteiger charge is -2.42. The molecule has 0 aliphatic carbocycles. The fourth-order valence-corrected chi connectivity index (χ4v) is 5.56. The topological polar surface area (TPSA) is 49.9 Å². The van der Waals surface area contributed by atoms with Gasteiger partial charge in [-0.15, -0.1) is 0 Å². The van der Waals surface area contributed by atoms with E-state index >= 15 is 0 Å². The van der Waals surface area contributed by atoms with E-state index in [1.807, 2.05) is 54.3 Å². The number of rotatable bonds is 3. The van der Waals surface area contributed by atoms with E-state index in [1.54, 1.807) is 4.90 Å². The van der Waals surface area contributed by atoms with Crippen molar-refractivity contribution in [3.63, 3.8) is 0 Å². The van der Waals surface area contributed by atoms with Crippen molar-refractivity contribution < 1.29 is 14.3 Å². The first-order valence-corrected chi connectivity index (χ1v) is 12.7. The van der Waals surface area contributed by atoms with E-state index in [9.17, 15) is 9.59 Å². The van der Waals surface area contributed by atoms with Crippen molar-refractivity contribution >= 4 is 23.6 Å². The minimum Gasteiger partial charge on any atom is -0.482 e. The van der Waals surface area contributed by atoms with Crippen LogP contribution in [0.15, 0.2) is 78.9 Å². The third kappa shape index (κ3) is 4.19. The van der Waals surface area contributed by atoms with E-state index in [4.69, 9.17) is 4.74 Å². The van der Waals surface area contributed by atoms with E-state index in [0.717, 1.165) is 35.4 Å². The van der Waals surface area contributed by atoms with Gasteiger partial charge in [0.15, 0.2) is 0 Å². The summed E-state index contributed by atoms with van der Waals surface area (Å²) < 4.78 is 6.52. The molecule has 2 saturated heterocycles. The number of carbonyl (C=O) groups is 2. The maximum Gasteiger partial charge on any atom is 0.228 e. The van der Waals surface area contributed by atoms with Gasteiger partial charge in [0, 0.05) is 50.1 Å². The van der Waals surface area contributed by atoms with Crippen LogP contribution in [0.25, 0.3) is 17.2 Å². The molecule has 3 aromatic rings. The van der Waals surface area contributed by atoms with Gasteiger partial charge in [-0.05, 0) is 48.4 Å². The van der Waals surface area contributed by atoms with Crippen LogP contribution in [0.5, 0.6) is 5.75 Å². The third-order valence-electron chi connectivity index (χ3n) is 7.74. The van der Waals surface area contributed by atoms with Crippen molar-refractivity contribution in [3.05, 3.63) is 90.0 Å². The molecule has 0 bridgehead atoms. The predicted octanol–water partition coefficient (Wildman–Crippen LogP) is 5.48. The van der Waals surface area contributed by atoms with Crippen molar-refractivity contribution in [1.29, 1.82) is 0 Å². The van der Waals surface area contributed by atoms with E-state index in [0.29, 0.717) is 19.6 Å². The van der Waals surface area contributed by atoms with Gasteiger partial charge in [0.2, 0.25) is 11.8 Å². The molecule has 0 radical (unpaired) electrons. The molecule has 5 heteroatoms. The van der Waals surface area contributed by atoms with Gasteiger partial charge in [0.05, 0.1) is 5.92 Å². The van der Waals surface area contributed by atoms with Crippen LogP contribution in [0.3, 0.4) is 0 Å². The molecule has 1 spiro atoms. The standard InChI is InChI=1S/C31H30N2O3/c1-22-7-10-27(11-8-22)33-21-26(20-29(33)34)30(35)32-17-15-31(16-18-32)14-13-25-19-24(9-12-28(25)36-31)23-5-3-2-4-6-23/h2-14,19,26H,15-18,20-21H2,1H3. The van der Waals surface area contributed by atoms with Crippen LogP contribution in [0, 0.1) is 12.8 Å². The monoisotopic (exact) mass is 478 g/mol. The normalized spacial score (nSPS) is 20.4. The summed E-state index contributed by atoms with van der Waals surface area (Å²) in [6, 6.07) is 24.6. The second-order valence-corrected chi connectivity index (χ2v) is 10.2. The SMILES string of the molecule is Cc1ccc(N2CC(C(=O)N3CCC4(C=Cc5cc(-c6ccccc6)ccc5O4)CC3)CC2=O)cc1. The van der Waals surface area contributed by atoms with E-state index in [-0.39, 0.29) is 29.8 Å². The number of aryl methyl sites for hydroxylation is 1. The Morgan fingerprint density at radius 2 is 1.69 bits per heavy atom. The molecule has 3 aliphatic heterocycles. The molecule has 36 heavy (non-hydrogen) atoms. The largest absolute Gasteiger partial charge is 0.482 e. The molecule has 5 nitrogen and oxygen atoms in total. The van der Waals surface area contributed by atoms with Crippen LogP contribution in [0.4, 0.5) is 5.69 Å². The zero-order valence-corrected chi connectivity index (χ0v) is 20.5. The average molecular weight is 479 g/mol. The van der Waals surface area contributed by atoms with Crippen LogP contribution in [-0.2, 0) is 9.59 Å². The summed E-state index contributed by atoms with van der Waals surface area (Å²) in [5.74, 6) is 0.719. The second-order valence-electron chi connectivity index (χ2n) is 10.2. The lowest BCUT2D eigenvalue weighted by atomic mass is 9.87. The summed E-state index contributed by atoms with van der Waals surface area (Å²) in [4.78, 5) is 29.6. The van der Waals surface area contributed by atoms with Crippen LogP contribution in [-0.4, -0.2) is 41.9 Å². The number of nitrogens with zero attached hydrogens (tertiary/aromatic N) is 2. The van der Waals surface area contributed by atoms with Gasteiger partial charge in [0.1, 0.15) is 11.4 Å². The van der Waals surface area contributed by atoms with Gasteiger partial charge in [0.25, 0.3) is 0 Å². The Bertz CT molecular complexity index is 1320. The van der Waals surface area contributed by atoms with Crippen LogP contribution in [0.1, 0.15) is 30.4 Å². The molecular formula is C31H30N2O3. The summed E-state index contributed by atoms with van der Waals surface area (Å²) in [7, 11) is 0. The number of piperidine rings is 1. The zero-order valence-electron chi connectivity index (χ0n) is 20.5. The Kier molecular flexibility index (Phi) is 5.63. The van der Waals surface area contributed by atoms with E-state index in [1.165, 1.54) is 11.1 Å². The molecule has 2 fully saturated rings. The third-order valence-corrected chi connectivity index (χ3v) is 7.74. The highest BCUT2D eigenvalue weighted by Gasteiger charge is 2.42. The Hall–Kier alpha value is -3.86. The number of anilines is 1. The highest BCUT2D eigenvalue weighted by molar-refractivity contribution is 6.00. The van der Waals surface area contributed by atoms with E-state index < -0.39 is 0 Å². The highest BCUT2D eigenvalue weighted by Crippen LogP contribution is 2.39. The van der Waals surface area contributed by atoms with Crippen LogP contribution >= 0.6 is 0 Å². The van der Waals surface area contributed by atoms with Crippen molar-refractivity contribution in [2.75, 3.05) is 24.5 Å². The average Bonchev–Trinajstić information content (AvgIpc) is 3.31. The first-order chi connectivity index (χ1) is 17.5. The predicted molar refractivity (Wildman–Crippen MR) is 142 cm³/mol. The molecule has 1 unspecified atom stereocenters. The Morgan fingerprint density at radius 3 is 2.44 bits per heavy atom. The van der Waals surface area contributed by atoms with Gasteiger partial charge in [-0.3, -0.25) is 9.59 Å². The minimum atomic E-state index is -0.378. The van der Waals surface area contributed by atoms with Crippen LogP contribution in [0.2, 0.25) is 0 Å². The number of amides is 2. The van der Waals surface area contributed by atoms with E-state index in [2.05, 4.69) is 42.5 Å². The fourth-order valence-electron chi connectivity index (χ4n) is 5.56. The molecule has 0 aromatic heterocycles. The number of hydrogen-bond donors (Lipinski definition) is 0.